The van der Waals surface area contributed by atoms with Crippen LogP contribution in [-0.2, 0) is 0 Å². The molecule has 6 aromatic carbocycles. The highest BCUT2D eigenvalue weighted by Crippen LogP contribution is 2.48. The maximum Gasteiger partial charge on any atom is 0.172 e. The molecule has 1 aliphatic rings. The first kappa shape index (κ1) is 22.5. The standard InChI is InChI=1S/C36H24N2O2/c1-3-11-25(12-4-1)37(28-20-22-35-36(24-28)40-34-18-10-9-17-33(34)39-35)27-19-21-32-30(23-27)29-15-7-8-16-31(29)38(32)26-13-5-2-6-14-26/h1-24H. The van der Waals surface area contributed by atoms with Crippen LogP contribution in [0.25, 0.3) is 27.5 Å². The number of rotatable bonds is 4. The van der Waals surface area contributed by atoms with Gasteiger partial charge in [0.1, 0.15) is 0 Å². The summed E-state index contributed by atoms with van der Waals surface area (Å²) >= 11 is 0. The number of nitrogens with zero attached hydrogens (tertiary/aromatic N) is 2. The maximum absolute atomic E-state index is 6.27. The van der Waals surface area contributed by atoms with Crippen LogP contribution in [0.4, 0.5) is 17.1 Å². The van der Waals surface area contributed by atoms with Gasteiger partial charge in [-0.1, -0.05) is 66.7 Å². The summed E-state index contributed by atoms with van der Waals surface area (Å²) in [5.74, 6) is 2.84. The summed E-state index contributed by atoms with van der Waals surface area (Å²) < 4.78 is 14.7. The fourth-order valence-electron chi connectivity index (χ4n) is 5.64. The largest absolute Gasteiger partial charge is 0.450 e. The molecule has 0 radical (unpaired) electrons. The van der Waals surface area contributed by atoms with Gasteiger partial charge in [0.25, 0.3) is 0 Å². The van der Waals surface area contributed by atoms with Crippen LogP contribution < -0.4 is 14.4 Å². The third kappa shape index (κ3) is 3.62. The molecule has 0 spiro atoms. The molecule has 2 heterocycles. The Labute approximate surface area is 231 Å². The van der Waals surface area contributed by atoms with E-state index in [1.807, 2.05) is 36.4 Å². The van der Waals surface area contributed by atoms with E-state index in [0.717, 1.165) is 28.5 Å². The lowest BCUT2D eigenvalue weighted by Crippen LogP contribution is -2.10. The minimum atomic E-state index is 0.693. The lowest BCUT2D eigenvalue weighted by atomic mass is 10.1. The summed E-state index contributed by atoms with van der Waals surface area (Å²) in [7, 11) is 0. The zero-order valence-electron chi connectivity index (χ0n) is 21.6. The molecule has 4 heteroatoms. The molecule has 0 unspecified atom stereocenters. The zero-order chi connectivity index (χ0) is 26.5. The Morgan fingerprint density at radius 1 is 0.400 bits per heavy atom. The summed E-state index contributed by atoms with van der Waals surface area (Å²) in [5, 5.41) is 2.42. The molecule has 0 bridgehead atoms. The van der Waals surface area contributed by atoms with Gasteiger partial charge in [0.2, 0.25) is 0 Å². The van der Waals surface area contributed by atoms with Crippen molar-refractivity contribution in [1.29, 1.82) is 0 Å². The van der Waals surface area contributed by atoms with Gasteiger partial charge in [0.15, 0.2) is 23.0 Å². The van der Waals surface area contributed by atoms with E-state index in [2.05, 4.69) is 119 Å². The second kappa shape index (κ2) is 9.07. The predicted molar refractivity (Wildman–Crippen MR) is 162 cm³/mol. The first-order valence-electron chi connectivity index (χ1n) is 13.4. The molecule has 0 saturated heterocycles. The van der Waals surface area contributed by atoms with Gasteiger partial charge in [-0.05, 0) is 72.8 Å². The van der Waals surface area contributed by atoms with Crippen LogP contribution in [0.1, 0.15) is 0 Å². The normalized spacial score (nSPS) is 11.9. The van der Waals surface area contributed by atoms with Crippen molar-refractivity contribution in [3.63, 3.8) is 0 Å². The number of anilines is 3. The Kier molecular flexibility index (Phi) is 5.10. The maximum atomic E-state index is 6.27. The van der Waals surface area contributed by atoms with Crippen LogP contribution in [0.2, 0.25) is 0 Å². The van der Waals surface area contributed by atoms with Gasteiger partial charge in [-0.2, -0.15) is 0 Å². The molecule has 0 saturated carbocycles. The second-order valence-electron chi connectivity index (χ2n) is 9.84. The SMILES string of the molecule is c1ccc(N(c2ccc3c(c2)Oc2ccccc2O3)c2ccc3c(c2)c2ccccc2n3-c2ccccc2)cc1. The third-order valence-electron chi connectivity index (χ3n) is 7.42. The van der Waals surface area contributed by atoms with Gasteiger partial charge < -0.3 is 18.9 Å². The number of fused-ring (bicyclic) bond motifs is 5. The van der Waals surface area contributed by atoms with Crippen molar-refractivity contribution in [2.45, 2.75) is 0 Å². The van der Waals surface area contributed by atoms with Gasteiger partial charge in [-0.3, -0.25) is 0 Å². The van der Waals surface area contributed by atoms with Crippen molar-refractivity contribution in [3.8, 4) is 28.7 Å². The average molecular weight is 517 g/mol. The van der Waals surface area contributed by atoms with E-state index in [-0.39, 0.29) is 0 Å². The highest BCUT2D eigenvalue weighted by Gasteiger charge is 2.22. The molecule has 0 fully saturated rings. The summed E-state index contributed by atoms with van der Waals surface area (Å²) in [5.41, 5.74) is 6.61. The first-order valence-corrected chi connectivity index (χ1v) is 13.4. The number of benzene rings is 6. The van der Waals surface area contributed by atoms with Crippen molar-refractivity contribution >= 4 is 38.9 Å². The fraction of sp³-hybridized carbons (Fsp3) is 0. The topological polar surface area (TPSA) is 26.6 Å². The molecule has 8 rings (SSSR count). The zero-order valence-corrected chi connectivity index (χ0v) is 21.6. The van der Waals surface area contributed by atoms with Gasteiger partial charge in [-0.15, -0.1) is 0 Å². The first-order chi connectivity index (χ1) is 19.8. The van der Waals surface area contributed by atoms with Crippen LogP contribution in [0, 0.1) is 0 Å². The molecule has 1 aliphatic heterocycles. The summed E-state index contributed by atoms with van der Waals surface area (Å²) in [6.07, 6.45) is 0. The molecule has 0 N–H and O–H groups in total. The Bertz CT molecular complexity index is 2010. The van der Waals surface area contributed by atoms with E-state index in [1.54, 1.807) is 0 Å². The summed E-state index contributed by atoms with van der Waals surface area (Å²) in [4.78, 5) is 2.26. The highest BCUT2D eigenvalue weighted by molar-refractivity contribution is 6.10. The summed E-state index contributed by atoms with van der Waals surface area (Å²) in [6, 6.07) is 50.1. The molecular formula is C36H24N2O2. The van der Waals surface area contributed by atoms with Crippen LogP contribution in [0.15, 0.2) is 146 Å². The van der Waals surface area contributed by atoms with E-state index in [9.17, 15) is 0 Å². The van der Waals surface area contributed by atoms with Crippen molar-refractivity contribution in [2.75, 3.05) is 4.90 Å². The number of hydrogen-bond acceptors (Lipinski definition) is 3. The minimum Gasteiger partial charge on any atom is -0.450 e. The minimum absolute atomic E-state index is 0.693. The molecule has 4 nitrogen and oxygen atoms in total. The smallest absolute Gasteiger partial charge is 0.172 e. The van der Waals surface area contributed by atoms with Crippen LogP contribution in [0.3, 0.4) is 0 Å². The van der Waals surface area contributed by atoms with Gasteiger partial charge in [-0.25, -0.2) is 0 Å². The second-order valence-corrected chi connectivity index (χ2v) is 9.84. The van der Waals surface area contributed by atoms with E-state index in [0.29, 0.717) is 17.2 Å². The summed E-state index contributed by atoms with van der Waals surface area (Å²) in [6.45, 7) is 0. The number of hydrogen-bond donors (Lipinski definition) is 0. The van der Waals surface area contributed by atoms with Crippen LogP contribution in [0.5, 0.6) is 23.0 Å². The molecular weight excluding hydrogens is 492 g/mol. The van der Waals surface area contributed by atoms with E-state index in [1.165, 1.54) is 21.8 Å². The molecule has 40 heavy (non-hydrogen) atoms. The Balaban J connectivity index is 1.31. The number of para-hydroxylation sites is 5. The Hall–Kier alpha value is -5.48. The monoisotopic (exact) mass is 516 g/mol. The van der Waals surface area contributed by atoms with Gasteiger partial charge >= 0.3 is 0 Å². The van der Waals surface area contributed by atoms with Gasteiger partial charge in [0, 0.05) is 33.9 Å². The lowest BCUT2D eigenvalue weighted by molar-refractivity contribution is 0.360. The molecule has 0 amide bonds. The lowest BCUT2D eigenvalue weighted by Gasteiger charge is -2.27. The molecule has 0 atom stereocenters. The fourth-order valence-corrected chi connectivity index (χ4v) is 5.64. The number of aromatic nitrogens is 1. The van der Waals surface area contributed by atoms with Gasteiger partial charge in [0.05, 0.1) is 16.7 Å². The number of ether oxygens (including phenoxy) is 2. The third-order valence-corrected chi connectivity index (χ3v) is 7.42. The van der Waals surface area contributed by atoms with E-state index < -0.39 is 0 Å². The quantitative estimate of drug-likeness (QED) is 0.233. The van der Waals surface area contributed by atoms with Crippen LogP contribution in [-0.4, -0.2) is 4.57 Å². The molecule has 7 aromatic rings. The average Bonchev–Trinajstić information content (AvgIpc) is 3.35. The molecule has 1 aromatic heterocycles. The Morgan fingerprint density at radius 2 is 0.975 bits per heavy atom. The predicted octanol–water partition coefficient (Wildman–Crippen LogP) is 10.2. The van der Waals surface area contributed by atoms with Crippen molar-refractivity contribution < 1.29 is 9.47 Å². The van der Waals surface area contributed by atoms with Crippen molar-refractivity contribution in [3.05, 3.63) is 146 Å². The molecule has 190 valence electrons. The highest BCUT2D eigenvalue weighted by atomic mass is 16.6. The van der Waals surface area contributed by atoms with Crippen LogP contribution >= 0.6 is 0 Å². The van der Waals surface area contributed by atoms with E-state index in [4.69, 9.17) is 9.47 Å². The van der Waals surface area contributed by atoms with Crippen molar-refractivity contribution in [2.24, 2.45) is 0 Å². The molecule has 0 aliphatic carbocycles. The van der Waals surface area contributed by atoms with E-state index >= 15 is 0 Å². The van der Waals surface area contributed by atoms with Crippen molar-refractivity contribution in [1.82, 2.24) is 4.57 Å². The Morgan fingerprint density at radius 3 is 1.77 bits per heavy atom.